The quantitative estimate of drug-likeness (QED) is 0.819. The van der Waals surface area contributed by atoms with Crippen LogP contribution in [0.4, 0.5) is 0 Å². The minimum Gasteiger partial charge on any atom is -0.388 e. The van der Waals surface area contributed by atoms with Gasteiger partial charge >= 0.3 is 0 Å². The molecule has 1 heterocycles. The largest absolute Gasteiger partial charge is 0.388 e. The van der Waals surface area contributed by atoms with Crippen molar-refractivity contribution in [3.05, 3.63) is 34.2 Å². The summed E-state index contributed by atoms with van der Waals surface area (Å²) in [6.45, 7) is 0.930. The molecule has 2 nitrogen and oxygen atoms in total. The second-order valence-electron chi connectivity index (χ2n) is 3.39. The highest BCUT2D eigenvalue weighted by Crippen LogP contribution is 2.12. The van der Waals surface area contributed by atoms with Gasteiger partial charge in [0.2, 0.25) is 0 Å². The van der Waals surface area contributed by atoms with E-state index in [2.05, 4.69) is 22.8 Å². The fraction of sp³-hybridized carbons (Fsp3) is 0.364. The standard InChI is InChI=1S/C11H13NOS/c13-10-4-3-9(8-10)12-6-5-11-2-1-7-14-11/h1-2,7-8,12H,3-6H2. The van der Waals surface area contributed by atoms with Crippen LogP contribution in [-0.2, 0) is 11.2 Å². The van der Waals surface area contributed by atoms with Crippen molar-refractivity contribution in [2.45, 2.75) is 19.3 Å². The molecule has 2 rings (SSSR count). The Kier molecular flexibility index (Phi) is 2.99. The van der Waals surface area contributed by atoms with Crippen molar-refractivity contribution in [2.24, 2.45) is 0 Å². The zero-order valence-corrected chi connectivity index (χ0v) is 8.77. The lowest BCUT2D eigenvalue weighted by Gasteiger charge is -2.04. The van der Waals surface area contributed by atoms with E-state index in [9.17, 15) is 4.79 Å². The molecule has 14 heavy (non-hydrogen) atoms. The van der Waals surface area contributed by atoms with Crippen LogP contribution >= 0.6 is 11.3 Å². The summed E-state index contributed by atoms with van der Waals surface area (Å²) in [5.41, 5.74) is 1.10. The van der Waals surface area contributed by atoms with Crippen LogP contribution in [-0.4, -0.2) is 12.3 Å². The minimum absolute atomic E-state index is 0.253. The molecule has 0 aliphatic heterocycles. The van der Waals surface area contributed by atoms with Gasteiger partial charge in [0, 0.05) is 29.6 Å². The normalized spacial score (nSPS) is 15.7. The van der Waals surface area contributed by atoms with E-state index in [1.807, 2.05) is 0 Å². The number of carbonyl (C=O) groups excluding carboxylic acids is 1. The summed E-state index contributed by atoms with van der Waals surface area (Å²) in [6.07, 6.45) is 4.35. The van der Waals surface area contributed by atoms with Gasteiger partial charge in [0.05, 0.1) is 0 Å². The monoisotopic (exact) mass is 207 g/mol. The molecule has 0 amide bonds. The minimum atomic E-state index is 0.253. The van der Waals surface area contributed by atoms with Gasteiger partial charge in [-0.3, -0.25) is 4.79 Å². The molecule has 0 atom stereocenters. The lowest BCUT2D eigenvalue weighted by Crippen LogP contribution is -2.14. The molecule has 1 N–H and O–H groups in total. The average molecular weight is 207 g/mol. The molecule has 0 aromatic carbocycles. The van der Waals surface area contributed by atoms with Crippen molar-refractivity contribution < 1.29 is 4.79 Å². The predicted octanol–water partition coefficient (Wildman–Crippen LogP) is 2.13. The number of carbonyl (C=O) groups is 1. The van der Waals surface area contributed by atoms with Crippen molar-refractivity contribution in [3.8, 4) is 0 Å². The highest BCUT2D eigenvalue weighted by molar-refractivity contribution is 7.09. The van der Waals surface area contributed by atoms with Gasteiger partial charge in [0.1, 0.15) is 0 Å². The third-order valence-electron chi connectivity index (χ3n) is 2.28. The molecule has 74 valence electrons. The highest BCUT2D eigenvalue weighted by atomic mass is 32.1. The van der Waals surface area contributed by atoms with E-state index in [-0.39, 0.29) is 5.78 Å². The lowest BCUT2D eigenvalue weighted by atomic mass is 10.3. The van der Waals surface area contributed by atoms with E-state index in [1.54, 1.807) is 17.4 Å². The maximum Gasteiger partial charge on any atom is 0.157 e. The Labute approximate surface area is 87.6 Å². The first kappa shape index (κ1) is 9.46. The van der Waals surface area contributed by atoms with Gasteiger partial charge in [-0.1, -0.05) is 6.07 Å². The third kappa shape index (κ3) is 2.45. The van der Waals surface area contributed by atoms with Gasteiger partial charge in [-0.2, -0.15) is 0 Å². The number of nitrogens with one attached hydrogen (secondary N) is 1. The molecule has 0 bridgehead atoms. The first-order valence-corrected chi connectivity index (χ1v) is 5.72. The van der Waals surface area contributed by atoms with Crippen LogP contribution in [0, 0.1) is 0 Å². The molecular formula is C11H13NOS. The fourth-order valence-electron chi connectivity index (χ4n) is 1.54. The molecule has 1 aromatic heterocycles. The van der Waals surface area contributed by atoms with E-state index < -0.39 is 0 Å². The fourth-order valence-corrected chi connectivity index (χ4v) is 2.25. The topological polar surface area (TPSA) is 29.1 Å². The zero-order valence-electron chi connectivity index (χ0n) is 7.95. The molecule has 0 unspecified atom stereocenters. The van der Waals surface area contributed by atoms with E-state index in [1.165, 1.54) is 4.88 Å². The summed E-state index contributed by atoms with van der Waals surface area (Å²) in [5, 5.41) is 5.39. The Morgan fingerprint density at radius 3 is 3.00 bits per heavy atom. The van der Waals surface area contributed by atoms with E-state index in [0.29, 0.717) is 6.42 Å². The number of rotatable bonds is 4. The summed E-state index contributed by atoms with van der Waals surface area (Å²) in [6, 6.07) is 4.21. The van der Waals surface area contributed by atoms with Gasteiger partial charge in [0.15, 0.2) is 5.78 Å². The van der Waals surface area contributed by atoms with Crippen LogP contribution in [0.25, 0.3) is 0 Å². The second-order valence-corrected chi connectivity index (χ2v) is 4.42. The smallest absolute Gasteiger partial charge is 0.157 e. The zero-order chi connectivity index (χ0) is 9.80. The van der Waals surface area contributed by atoms with Crippen molar-refractivity contribution in [1.29, 1.82) is 0 Å². The van der Waals surface area contributed by atoms with Crippen LogP contribution in [0.3, 0.4) is 0 Å². The van der Waals surface area contributed by atoms with Gasteiger partial charge in [-0.25, -0.2) is 0 Å². The highest BCUT2D eigenvalue weighted by Gasteiger charge is 2.10. The van der Waals surface area contributed by atoms with Crippen LogP contribution in [0.15, 0.2) is 29.3 Å². The van der Waals surface area contributed by atoms with Gasteiger partial charge in [0.25, 0.3) is 0 Å². The molecule has 1 aromatic rings. The maximum absolute atomic E-state index is 10.9. The number of allylic oxidation sites excluding steroid dienone is 2. The Morgan fingerprint density at radius 1 is 1.43 bits per heavy atom. The molecule has 0 fully saturated rings. The van der Waals surface area contributed by atoms with Gasteiger partial charge < -0.3 is 5.32 Å². The van der Waals surface area contributed by atoms with E-state index in [4.69, 9.17) is 0 Å². The average Bonchev–Trinajstić information content (AvgIpc) is 2.77. The van der Waals surface area contributed by atoms with E-state index >= 15 is 0 Å². The summed E-state index contributed by atoms with van der Waals surface area (Å²) < 4.78 is 0. The van der Waals surface area contributed by atoms with Crippen LogP contribution in [0.5, 0.6) is 0 Å². The molecule has 3 heteroatoms. The number of thiophene rings is 1. The molecule has 0 saturated heterocycles. The Hall–Kier alpha value is -1.09. The maximum atomic E-state index is 10.9. The molecule has 1 aliphatic carbocycles. The summed E-state index contributed by atoms with van der Waals surface area (Å²) in [4.78, 5) is 12.3. The molecule has 1 aliphatic rings. The number of hydrogen-bond acceptors (Lipinski definition) is 3. The molecule has 0 saturated carbocycles. The van der Waals surface area contributed by atoms with Crippen molar-refractivity contribution >= 4 is 17.1 Å². The molecule has 0 radical (unpaired) electrons. The molecule has 0 spiro atoms. The summed E-state index contributed by atoms with van der Waals surface area (Å²) in [7, 11) is 0. The second kappa shape index (κ2) is 4.42. The van der Waals surface area contributed by atoms with Crippen LogP contribution < -0.4 is 5.32 Å². The van der Waals surface area contributed by atoms with Gasteiger partial charge in [-0.05, 0) is 24.3 Å². The number of hydrogen-bond donors (Lipinski definition) is 1. The number of ketones is 1. The SMILES string of the molecule is O=C1C=C(NCCc2cccs2)CC1. The Balaban J connectivity index is 1.73. The first-order chi connectivity index (χ1) is 6.84. The van der Waals surface area contributed by atoms with Crippen LogP contribution in [0.2, 0.25) is 0 Å². The van der Waals surface area contributed by atoms with Crippen molar-refractivity contribution in [2.75, 3.05) is 6.54 Å². The summed E-state index contributed by atoms with van der Waals surface area (Å²) in [5.74, 6) is 0.253. The lowest BCUT2D eigenvalue weighted by molar-refractivity contribution is -0.114. The van der Waals surface area contributed by atoms with Crippen molar-refractivity contribution in [1.82, 2.24) is 5.32 Å². The van der Waals surface area contributed by atoms with Crippen molar-refractivity contribution in [3.63, 3.8) is 0 Å². The Bertz CT molecular complexity index is 340. The van der Waals surface area contributed by atoms with E-state index in [0.717, 1.165) is 25.1 Å². The Morgan fingerprint density at radius 2 is 2.36 bits per heavy atom. The first-order valence-electron chi connectivity index (χ1n) is 4.84. The van der Waals surface area contributed by atoms with Gasteiger partial charge in [-0.15, -0.1) is 11.3 Å². The molecular weight excluding hydrogens is 194 g/mol. The summed E-state index contributed by atoms with van der Waals surface area (Å²) >= 11 is 1.78. The predicted molar refractivity (Wildman–Crippen MR) is 58.3 cm³/mol. The van der Waals surface area contributed by atoms with Crippen LogP contribution in [0.1, 0.15) is 17.7 Å². The third-order valence-corrected chi connectivity index (χ3v) is 3.22.